The third-order valence-electron chi connectivity index (χ3n) is 11.4. The Morgan fingerprint density at radius 2 is 1.24 bits per heavy atom. The molecular weight excluding hydrogens is 761 g/mol. The molecule has 59 heavy (non-hydrogen) atoms. The standard InChI is InChI=1S/C27H29FN2O4.C19H26FNO4/c1-16(2)30(26(31)19-10-8-17(3)9-11-19)23-15-22(28)24(14-21(23)27(32)33)34-25-20-7-5-4-6-18(20)12-13-29-25;1-11(2)21(18(23)13-7-5-12(3)6-8-13)16-10-15(20)17(22)9-14(16)19(24)25-4/h4-7,12-17,19H,8-11H2,1-3H3,(H,32,33);9-13,22H,5-8H2,1-4H3. The number of pyridine rings is 1. The number of carbonyl (C=O) groups excluding carboxylic acids is 3. The van der Waals surface area contributed by atoms with Crippen molar-refractivity contribution in [1.82, 2.24) is 4.98 Å². The molecule has 316 valence electrons. The molecule has 0 radical (unpaired) electrons. The first-order chi connectivity index (χ1) is 28.0. The number of hydrogen-bond donors (Lipinski definition) is 2. The molecule has 0 bridgehead atoms. The topological polar surface area (TPSA) is 147 Å². The molecule has 0 spiro atoms. The fourth-order valence-corrected chi connectivity index (χ4v) is 8.00. The number of fused-ring (bicyclic) bond motifs is 1. The van der Waals surface area contributed by atoms with Crippen LogP contribution in [0.5, 0.6) is 17.4 Å². The number of phenols is 1. The number of carboxylic acid groups (broad SMARTS) is 1. The summed E-state index contributed by atoms with van der Waals surface area (Å²) in [4.78, 5) is 57.9. The molecule has 4 aromatic rings. The summed E-state index contributed by atoms with van der Waals surface area (Å²) in [6, 6.07) is 12.8. The van der Waals surface area contributed by atoms with Crippen LogP contribution >= 0.6 is 0 Å². The van der Waals surface area contributed by atoms with Crippen LogP contribution in [0.3, 0.4) is 0 Å². The van der Waals surface area contributed by atoms with Crippen molar-refractivity contribution in [3.8, 4) is 17.4 Å². The first-order valence-corrected chi connectivity index (χ1v) is 20.4. The molecule has 0 unspecified atom stereocenters. The summed E-state index contributed by atoms with van der Waals surface area (Å²) in [7, 11) is 1.20. The Kier molecular flexibility index (Phi) is 14.7. The number of methoxy groups -OCH3 is 1. The van der Waals surface area contributed by atoms with E-state index in [4.69, 9.17) is 9.47 Å². The molecule has 2 saturated carbocycles. The van der Waals surface area contributed by atoms with Crippen molar-refractivity contribution in [2.24, 2.45) is 23.7 Å². The summed E-state index contributed by atoms with van der Waals surface area (Å²) in [5, 5.41) is 21.1. The number of anilines is 2. The predicted molar refractivity (Wildman–Crippen MR) is 222 cm³/mol. The van der Waals surface area contributed by atoms with Gasteiger partial charge in [0.1, 0.15) is 0 Å². The van der Waals surface area contributed by atoms with Gasteiger partial charge in [0, 0.05) is 53.7 Å². The van der Waals surface area contributed by atoms with Gasteiger partial charge in [-0.3, -0.25) is 9.59 Å². The maximum absolute atomic E-state index is 15.3. The molecule has 1 aromatic heterocycles. The number of aromatic nitrogens is 1. The van der Waals surface area contributed by atoms with Crippen molar-refractivity contribution in [2.75, 3.05) is 16.9 Å². The molecule has 0 aliphatic heterocycles. The molecule has 6 rings (SSSR count). The maximum Gasteiger partial charge on any atom is 0.340 e. The lowest BCUT2D eigenvalue weighted by Crippen LogP contribution is -2.43. The number of amides is 2. The second kappa shape index (κ2) is 19.4. The van der Waals surface area contributed by atoms with Gasteiger partial charge in [-0.25, -0.2) is 23.4 Å². The number of aromatic carboxylic acids is 1. The lowest BCUT2D eigenvalue weighted by Gasteiger charge is -2.34. The van der Waals surface area contributed by atoms with Gasteiger partial charge in [-0.15, -0.1) is 0 Å². The van der Waals surface area contributed by atoms with E-state index in [1.165, 1.54) is 16.9 Å². The second-order valence-corrected chi connectivity index (χ2v) is 16.4. The van der Waals surface area contributed by atoms with Gasteiger partial charge in [0.25, 0.3) is 0 Å². The quantitative estimate of drug-likeness (QED) is 0.149. The number of ether oxygens (including phenoxy) is 2. The number of rotatable bonds is 10. The van der Waals surface area contributed by atoms with Crippen LogP contribution in [0.25, 0.3) is 10.8 Å². The number of nitrogens with zero attached hydrogens (tertiary/aromatic N) is 3. The molecule has 2 aliphatic carbocycles. The van der Waals surface area contributed by atoms with Crippen molar-refractivity contribution in [3.05, 3.63) is 83.6 Å². The highest BCUT2D eigenvalue weighted by atomic mass is 19.1. The number of hydrogen-bond acceptors (Lipinski definition) is 8. The molecule has 2 fully saturated rings. The highest BCUT2D eigenvalue weighted by Gasteiger charge is 2.35. The summed E-state index contributed by atoms with van der Waals surface area (Å²) in [6.45, 7) is 11.6. The van der Waals surface area contributed by atoms with Crippen LogP contribution in [-0.2, 0) is 14.3 Å². The average molecular weight is 816 g/mol. The normalized spacial score (nSPS) is 19.1. The van der Waals surface area contributed by atoms with E-state index in [2.05, 4.69) is 18.8 Å². The zero-order chi connectivity index (χ0) is 43.1. The molecule has 0 saturated heterocycles. The zero-order valence-electron chi connectivity index (χ0n) is 34.8. The van der Waals surface area contributed by atoms with Crippen LogP contribution in [0.2, 0.25) is 0 Å². The molecule has 13 heteroatoms. The molecule has 1 heterocycles. The first kappa shape index (κ1) is 44.5. The van der Waals surface area contributed by atoms with Crippen LogP contribution < -0.4 is 14.5 Å². The third kappa shape index (κ3) is 10.4. The van der Waals surface area contributed by atoms with Gasteiger partial charge in [-0.05, 0) is 114 Å². The van der Waals surface area contributed by atoms with Crippen LogP contribution in [0.4, 0.5) is 20.2 Å². The second-order valence-electron chi connectivity index (χ2n) is 16.4. The average Bonchev–Trinajstić information content (AvgIpc) is 3.20. The largest absolute Gasteiger partial charge is 0.505 e. The summed E-state index contributed by atoms with van der Waals surface area (Å²) >= 11 is 0. The van der Waals surface area contributed by atoms with Gasteiger partial charge in [-0.2, -0.15) is 0 Å². The van der Waals surface area contributed by atoms with Crippen molar-refractivity contribution >= 4 is 45.9 Å². The van der Waals surface area contributed by atoms with Gasteiger partial charge >= 0.3 is 11.9 Å². The van der Waals surface area contributed by atoms with Gasteiger partial charge < -0.3 is 29.5 Å². The fourth-order valence-electron chi connectivity index (χ4n) is 8.00. The smallest absolute Gasteiger partial charge is 0.340 e. The summed E-state index contributed by atoms with van der Waals surface area (Å²) in [5.74, 6) is -3.78. The molecule has 2 N–H and O–H groups in total. The lowest BCUT2D eigenvalue weighted by atomic mass is 9.82. The van der Waals surface area contributed by atoms with E-state index >= 15 is 4.39 Å². The van der Waals surface area contributed by atoms with Gasteiger partial charge in [0.05, 0.1) is 29.6 Å². The number of benzene rings is 3. The van der Waals surface area contributed by atoms with Crippen molar-refractivity contribution in [1.29, 1.82) is 0 Å². The number of esters is 1. The van der Waals surface area contributed by atoms with Crippen LogP contribution in [0.1, 0.15) is 114 Å². The SMILES string of the molecule is CC1CCC(C(=O)N(c2cc(F)c(Oc3nccc4ccccc34)cc2C(=O)O)C(C)C)CC1.COC(=O)c1cc(O)c(F)cc1N(C(=O)C1CCC(C)CC1)C(C)C. The highest BCUT2D eigenvalue weighted by molar-refractivity contribution is 6.05. The van der Waals surface area contributed by atoms with Gasteiger partial charge in [-0.1, -0.05) is 32.0 Å². The van der Waals surface area contributed by atoms with E-state index in [1.54, 1.807) is 26.1 Å². The molecular formula is C46H55F2N3O8. The van der Waals surface area contributed by atoms with Crippen molar-refractivity contribution < 1.29 is 47.6 Å². The monoisotopic (exact) mass is 815 g/mol. The van der Waals surface area contributed by atoms with E-state index in [1.807, 2.05) is 38.1 Å². The van der Waals surface area contributed by atoms with Crippen LogP contribution in [0, 0.1) is 35.3 Å². The molecule has 0 atom stereocenters. The van der Waals surface area contributed by atoms with E-state index in [9.17, 15) is 33.8 Å². The number of halogens is 2. The Bertz CT molecular complexity index is 2150. The van der Waals surface area contributed by atoms with Crippen LogP contribution in [0.15, 0.2) is 60.8 Å². The van der Waals surface area contributed by atoms with Gasteiger partial charge in [0.2, 0.25) is 17.7 Å². The number of aromatic hydroxyl groups is 1. The first-order valence-electron chi connectivity index (χ1n) is 20.4. The number of carboxylic acids is 1. The van der Waals surface area contributed by atoms with Crippen LogP contribution in [-0.4, -0.2) is 58.1 Å². The molecule has 3 aromatic carbocycles. The van der Waals surface area contributed by atoms with Gasteiger partial charge in [0.15, 0.2) is 23.1 Å². The Hall–Kier alpha value is -5.59. The summed E-state index contributed by atoms with van der Waals surface area (Å²) in [6.07, 6.45) is 8.50. The molecule has 11 nitrogen and oxygen atoms in total. The maximum atomic E-state index is 15.3. The zero-order valence-corrected chi connectivity index (χ0v) is 34.8. The van der Waals surface area contributed by atoms with Crippen molar-refractivity contribution in [3.63, 3.8) is 0 Å². The van der Waals surface area contributed by atoms with E-state index in [0.29, 0.717) is 17.2 Å². The highest BCUT2D eigenvalue weighted by Crippen LogP contribution is 2.38. The van der Waals surface area contributed by atoms with Crippen molar-refractivity contribution in [2.45, 2.75) is 105 Å². The Morgan fingerprint density at radius 1 is 0.729 bits per heavy atom. The third-order valence-corrected chi connectivity index (χ3v) is 11.4. The van der Waals surface area contributed by atoms with E-state index < -0.39 is 29.3 Å². The number of phenolic OH excluding ortho intramolecular Hbond substituents is 1. The Morgan fingerprint density at radius 3 is 1.75 bits per heavy atom. The Balaban J connectivity index is 0.000000236. The minimum absolute atomic E-state index is 0.0207. The lowest BCUT2D eigenvalue weighted by molar-refractivity contribution is -0.124. The Labute approximate surface area is 344 Å². The molecule has 2 amide bonds. The predicted octanol–water partition coefficient (Wildman–Crippen LogP) is 10.3. The number of carbonyl (C=O) groups is 4. The summed E-state index contributed by atoms with van der Waals surface area (Å²) in [5.41, 5.74) is -0.0295. The molecule has 2 aliphatic rings. The van der Waals surface area contributed by atoms with E-state index in [-0.39, 0.29) is 69.9 Å². The minimum atomic E-state index is -1.26. The summed E-state index contributed by atoms with van der Waals surface area (Å²) < 4.78 is 39.7. The fraction of sp³-hybridized carbons (Fsp3) is 0.457. The van der Waals surface area contributed by atoms with E-state index in [0.717, 1.165) is 81.0 Å². The minimum Gasteiger partial charge on any atom is -0.505 e.